The van der Waals surface area contributed by atoms with Crippen molar-refractivity contribution in [2.75, 3.05) is 5.73 Å². The Hall–Kier alpha value is -1.55. The maximum atomic E-state index is 10.5. The Morgan fingerprint density at radius 2 is 2.21 bits per heavy atom. The quantitative estimate of drug-likeness (QED) is 0.612. The molecule has 1 unspecified atom stereocenters. The average Bonchev–Trinajstić information content (AvgIpc) is 2.11. The number of aryl methyl sites for hydroxylation is 1. The van der Waals surface area contributed by atoms with Crippen molar-refractivity contribution in [3.8, 4) is 0 Å². The molecule has 0 radical (unpaired) electrons. The van der Waals surface area contributed by atoms with Gasteiger partial charge in [0.05, 0.1) is 0 Å². The van der Waals surface area contributed by atoms with E-state index in [-0.39, 0.29) is 0 Å². The Labute approximate surface area is 82.5 Å². The number of nitrogen functional groups attached to an aromatic ring is 1. The normalized spacial score (nSPS) is 12.4. The van der Waals surface area contributed by atoms with Gasteiger partial charge in [0.2, 0.25) is 0 Å². The van der Waals surface area contributed by atoms with E-state index in [4.69, 9.17) is 16.6 Å². The minimum Gasteiger partial charge on any atom is -0.480 e. The number of rotatable bonds is 3. The molecular formula is C10H14N2O2. The number of anilines is 1. The first-order valence-corrected chi connectivity index (χ1v) is 4.34. The van der Waals surface area contributed by atoms with E-state index in [0.717, 1.165) is 11.1 Å². The maximum absolute atomic E-state index is 10.5. The zero-order chi connectivity index (χ0) is 10.7. The van der Waals surface area contributed by atoms with Crippen molar-refractivity contribution < 1.29 is 9.90 Å². The SMILES string of the molecule is Cc1ccc(N)cc1CC(N)C(=O)O. The molecule has 0 aliphatic heterocycles. The van der Waals surface area contributed by atoms with Gasteiger partial charge in [-0.05, 0) is 36.6 Å². The van der Waals surface area contributed by atoms with Crippen LogP contribution in [0.3, 0.4) is 0 Å². The van der Waals surface area contributed by atoms with Crippen molar-refractivity contribution in [1.29, 1.82) is 0 Å². The lowest BCUT2D eigenvalue weighted by atomic mass is 10.0. The van der Waals surface area contributed by atoms with E-state index in [9.17, 15) is 4.79 Å². The second-order valence-electron chi connectivity index (χ2n) is 3.33. The Balaban J connectivity index is 2.85. The lowest BCUT2D eigenvalue weighted by Gasteiger charge is -2.09. The Bertz CT molecular complexity index is 350. The monoisotopic (exact) mass is 194 g/mol. The molecule has 0 amide bonds. The number of carboxylic acids is 1. The predicted molar refractivity (Wildman–Crippen MR) is 54.9 cm³/mol. The van der Waals surface area contributed by atoms with Crippen LogP contribution in [0.2, 0.25) is 0 Å². The zero-order valence-electron chi connectivity index (χ0n) is 8.03. The van der Waals surface area contributed by atoms with Gasteiger partial charge in [-0.3, -0.25) is 4.79 Å². The van der Waals surface area contributed by atoms with Crippen molar-refractivity contribution >= 4 is 11.7 Å². The number of hydrogen-bond acceptors (Lipinski definition) is 3. The molecule has 1 rings (SSSR count). The van der Waals surface area contributed by atoms with Crippen LogP contribution >= 0.6 is 0 Å². The molecule has 4 heteroatoms. The summed E-state index contributed by atoms with van der Waals surface area (Å²) < 4.78 is 0. The van der Waals surface area contributed by atoms with Crippen LogP contribution in [0.5, 0.6) is 0 Å². The Morgan fingerprint density at radius 1 is 1.57 bits per heavy atom. The molecule has 0 heterocycles. The zero-order valence-corrected chi connectivity index (χ0v) is 8.03. The number of carboxylic acid groups (broad SMARTS) is 1. The number of carbonyl (C=O) groups is 1. The summed E-state index contributed by atoms with van der Waals surface area (Å²) in [5.41, 5.74) is 13.5. The maximum Gasteiger partial charge on any atom is 0.320 e. The van der Waals surface area contributed by atoms with E-state index in [0.29, 0.717) is 12.1 Å². The van der Waals surface area contributed by atoms with Crippen molar-refractivity contribution in [3.63, 3.8) is 0 Å². The molecule has 0 saturated heterocycles. The van der Waals surface area contributed by atoms with Gasteiger partial charge in [-0.25, -0.2) is 0 Å². The van der Waals surface area contributed by atoms with Gasteiger partial charge in [-0.15, -0.1) is 0 Å². The summed E-state index contributed by atoms with van der Waals surface area (Å²) in [5, 5.41) is 8.65. The molecule has 0 fully saturated rings. The van der Waals surface area contributed by atoms with Crippen molar-refractivity contribution in [3.05, 3.63) is 29.3 Å². The first-order chi connectivity index (χ1) is 6.50. The van der Waals surface area contributed by atoms with Crippen LogP contribution in [0, 0.1) is 6.92 Å². The molecule has 0 spiro atoms. The van der Waals surface area contributed by atoms with E-state index in [2.05, 4.69) is 0 Å². The van der Waals surface area contributed by atoms with E-state index in [1.54, 1.807) is 12.1 Å². The fourth-order valence-electron chi connectivity index (χ4n) is 1.24. The second kappa shape index (κ2) is 4.11. The van der Waals surface area contributed by atoms with Crippen LogP contribution < -0.4 is 11.5 Å². The molecule has 0 aromatic heterocycles. The van der Waals surface area contributed by atoms with Gasteiger partial charge in [0, 0.05) is 5.69 Å². The summed E-state index contributed by atoms with van der Waals surface area (Å²) >= 11 is 0. The number of benzene rings is 1. The first kappa shape index (κ1) is 10.5. The van der Waals surface area contributed by atoms with Crippen LogP contribution in [-0.4, -0.2) is 17.1 Å². The summed E-state index contributed by atoms with van der Waals surface area (Å²) in [5.74, 6) is -0.994. The molecule has 0 saturated carbocycles. The first-order valence-electron chi connectivity index (χ1n) is 4.34. The molecule has 76 valence electrons. The lowest BCUT2D eigenvalue weighted by Crippen LogP contribution is -2.32. The third kappa shape index (κ3) is 2.47. The van der Waals surface area contributed by atoms with Crippen LogP contribution in [0.1, 0.15) is 11.1 Å². The van der Waals surface area contributed by atoms with Gasteiger partial charge in [0.15, 0.2) is 0 Å². The lowest BCUT2D eigenvalue weighted by molar-refractivity contribution is -0.138. The highest BCUT2D eigenvalue weighted by atomic mass is 16.4. The number of hydrogen-bond donors (Lipinski definition) is 3. The van der Waals surface area contributed by atoms with E-state index in [1.807, 2.05) is 13.0 Å². The summed E-state index contributed by atoms with van der Waals surface area (Å²) in [4.78, 5) is 10.5. The van der Waals surface area contributed by atoms with E-state index < -0.39 is 12.0 Å². The molecule has 14 heavy (non-hydrogen) atoms. The minimum absolute atomic E-state index is 0.312. The molecule has 0 bridgehead atoms. The molecule has 1 aromatic carbocycles. The molecule has 4 nitrogen and oxygen atoms in total. The summed E-state index contributed by atoms with van der Waals surface area (Å²) in [6.45, 7) is 1.91. The highest BCUT2D eigenvalue weighted by Crippen LogP contribution is 2.14. The second-order valence-corrected chi connectivity index (χ2v) is 3.33. The Kier molecular flexibility index (Phi) is 3.09. The summed E-state index contributed by atoms with van der Waals surface area (Å²) in [7, 11) is 0. The molecule has 1 aromatic rings. The largest absolute Gasteiger partial charge is 0.480 e. The third-order valence-corrected chi connectivity index (χ3v) is 2.13. The number of aliphatic carboxylic acids is 1. The molecular weight excluding hydrogens is 180 g/mol. The molecule has 5 N–H and O–H groups in total. The molecule has 1 atom stereocenters. The molecule has 0 aliphatic carbocycles. The van der Waals surface area contributed by atoms with E-state index in [1.165, 1.54) is 0 Å². The van der Waals surface area contributed by atoms with Crippen LogP contribution in [-0.2, 0) is 11.2 Å². The number of nitrogens with two attached hydrogens (primary N) is 2. The van der Waals surface area contributed by atoms with Crippen LogP contribution in [0.15, 0.2) is 18.2 Å². The fraction of sp³-hybridized carbons (Fsp3) is 0.300. The minimum atomic E-state index is -0.994. The van der Waals surface area contributed by atoms with Gasteiger partial charge in [-0.1, -0.05) is 6.07 Å². The molecule has 0 aliphatic rings. The predicted octanol–water partition coefficient (Wildman–Crippen LogP) is 0.532. The van der Waals surface area contributed by atoms with Crippen molar-refractivity contribution in [2.24, 2.45) is 5.73 Å². The van der Waals surface area contributed by atoms with Crippen molar-refractivity contribution in [1.82, 2.24) is 0 Å². The Morgan fingerprint density at radius 3 is 2.79 bits per heavy atom. The van der Waals surface area contributed by atoms with Gasteiger partial charge in [-0.2, -0.15) is 0 Å². The van der Waals surface area contributed by atoms with Crippen LogP contribution in [0.4, 0.5) is 5.69 Å². The standard InChI is InChI=1S/C10H14N2O2/c1-6-2-3-8(11)4-7(6)5-9(12)10(13)14/h2-4,9H,5,11-12H2,1H3,(H,13,14). The fourth-order valence-corrected chi connectivity index (χ4v) is 1.24. The van der Waals surface area contributed by atoms with Gasteiger partial charge >= 0.3 is 5.97 Å². The van der Waals surface area contributed by atoms with Gasteiger partial charge in [0.1, 0.15) is 6.04 Å². The summed E-state index contributed by atoms with van der Waals surface area (Å²) in [6, 6.07) is 4.54. The van der Waals surface area contributed by atoms with Crippen molar-refractivity contribution in [2.45, 2.75) is 19.4 Å². The topological polar surface area (TPSA) is 89.3 Å². The highest BCUT2D eigenvalue weighted by molar-refractivity contribution is 5.73. The highest BCUT2D eigenvalue weighted by Gasteiger charge is 2.13. The third-order valence-electron chi connectivity index (χ3n) is 2.13. The average molecular weight is 194 g/mol. The van der Waals surface area contributed by atoms with E-state index >= 15 is 0 Å². The van der Waals surface area contributed by atoms with Gasteiger partial charge < -0.3 is 16.6 Å². The smallest absolute Gasteiger partial charge is 0.320 e. The van der Waals surface area contributed by atoms with Crippen LogP contribution in [0.25, 0.3) is 0 Å². The summed E-state index contributed by atoms with van der Waals surface area (Å²) in [6.07, 6.45) is 0.312. The van der Waals surface area contributed by atoms with Gasteiger partial charge in [0.25, 0.3) is 0 Å².